The van der Waals surface area contributed by atoms with E-state index in [1.165, 1.54) is 5.56 Å². The van der Waals surface area contributed by atoms with Gasteiger partial charge in [0.05, 0.1) is 32.4 Å². The van der Waals surface area contributed by atoms with Crippen LogP contribution in [0.1, 0.15) is 50.4 Å². The zero-order valence-electron chi connectivity index (χ0n) is 16.2. The Morgan fingerprint density at radius 2 is 2.29 bits per heavy atom. The molecule has 4 heterocycles. The fourth-order valence-corrected chi connectivity index (χ4v) is 8.84. The van der Waals surface area contributed by atoms with Crippen molar-refractivity contribution in [3.8, 4) is 0 Å². The van der Waals surface area contributed by atoms with Crippen LogP contribution in [0.4, 0.5) is 0 Å². The number of nitrogens with zero attached hydrogens (tertiary/aromatic N) is 1. The summed E-state index contributed by atoms with van der Waals surface area (Å²) in [6, 6.07) is 0. The minimum atomic E-state index is -0.477. The van der Waals surface area contributed by atoms with Crippen molar-refractivity contribution in [1.82, 2.24) is 10.3 Å². The molecule has 0 amide bonds. The Morgan fingerprint density at radius 3 is 3.00 bits per heavy atom. The van der Waals surface area contributed by atoms with E-state index in [0.717, 1.165) is 54.8 Å². The third-order valence-electron chi connectivity index (χ3n) is 7.35. The molecule has 0 spiro atoms. The number of hydrogen-bond donors (Lipinski definition) is 3. The van der Waals surface area contributed by atoms with Crippen molar-refractivity contribution < 1.29 is 9.90 Å². The van der Waals surface area contributed by atoms with Crippen molar-refractivity contribution in [2.24, 2.45) is 15.8 Å². The number of aliphatic hydroxyl groups is 1. The van der Waals surface area contributed by atoms with Crippen molar-refractivity contribution in [3.05, 3.63) is 39.3 Å². The normalized spacial score (nSPS) is 38.5. The maximum absolute atomic E-state index is 11.4. The van der Waals surface area contributed by atoms with Gasteiger partial charge >= 0.3 is 0 Å². The van der Waals surface area contributed by atoms with Crippen LogP contribution in [0.5, 0.6) is 0 Å². The van der Waals surface area contributed by atoms with Crippen LogP contribution < -0.4 is 5.32 Å². The van der Waals surface area contributed by atoms with Gasteiger partial charge in [0.15, 0.2) is 12.0 Å². The number of aliphatic hydroxyl groups excluding tert-OH is 1. The summed E-state index contributed by atoms with van der Waals surface area (Å²) in [5, 5.41) is 15.1. The molecule has 0 saturated carbocycles. The number of hydrogen-bond acceptors (Lipinski definition) is 5. The van der Waals surface area contributed by atoms with Crippen molar-refractivity contribution in [1.29, 1.82) is 0 Å². The summed E-state index contributed by atoms with van der Waals surface area (Å²) in [5.74, 6) is 0.315. The number of thioether (sulfide) groups is 1. The summed E-state index contributed by atoms with van der Waals surface area (Å²) in [6.45, 7) is 7.46. The average Bonchev–Trinajstić information content (AvgIpc) is 3.21. The molecular weight excluding hydrogens is 438 g/mol. The predicted molar refractivity (Wildman–Crippen MR) is 117 cm³/mol. The van der Waals surface area contributed by atoms with Gasteiger partial charge in [-0.25, -0.2) is 0 Å². The van der Waals surface area contributed by atoms with Crippen LogP contribution in [0.3, 0.4) is 0 Å². The maximum atomic E-state index is 11.4. The number of H-pyrrole nitrogens is 1. The van der Waals surface area contributed by atoms with Crippen LogP contribution in [-0.4, -0.2) is 38.8 Å². The highest BCUT2D eigenvalue weighted by atomic mass is 79.9. The first kappa shape index (κ1) is 18.6. The molecule has 148 valence electrons. The topological polar surface area (TPSA) is 77.5 Å². The van der Waals surface area contributed by atoms with E-state index in [-0.39, 0.29) is 15.5 Å². The Morgan fingerprint density at radius 1 is 1.50 bits per heavy atom. The van der Waals surface area contributed by atoms with Crippen LogP contribution in [0.15, 0.2) is 27.4 Å². The van der Waals surface area contributed by atoms with Gasteiger partial charge < -0.3 is 15.4 Å². The third kappa shape index (κ3) is 1.95. The molecule has 4 unspecified atom stereocenters. The lowest BCUT2D eigenvalue weighted by Gasteiger charge is -2.57. The molecule has 1 aliphatic carbocycles. The van der Waals surface area contributed by atoms with Crippen molar-refractivity contribution in [2.75, 3.05) is 6.54 Å². The van der Waals surface area contributed by atoms with Gasteiger partial charge in [-0.3, -0.25) is 9.79 Å². The van der Waals surface area contributed by atoms with Gasteiger partial charge in [0.2, 0.25) is 0 Å². The number of aromatic nitrogens is 1. The molecule has 5 nitrogen and oxygen atoms in total. The number of halogens is 1. The highest BCUT2D eigenvalue weighted by Crippen LogP contribution is 2.71. The number of aromatic amines is 1. The van der Waals surface area contributed by atoms with E-state index < -0.39 is 5.41 Å². The number of aliphatic imine (C=N–C) groups is 1. The molecule has 4 atom stereocenters. The quantitative estimate of drug-likeness (QED) is 0.462. The minimum Gasteiger partial charge on any atom is -0.504 e. The van der Waals surface area contributed by atoms with E-state index in [0.29, 0.717) is 10.2 Å². The summed E-state index contributed by atoms with van der Waals surface area (Å²) < 4.78 is 0.350. The van der Waals surface area contributed by atoms with Gasteiger partial charge in [-0.05, 0) is 47.7 Å². The lowest BCUT2D eigenvalue weighted by Crippen LogP contribution is -2.61. The molecule has 4 aliphatic rings. The minimum absolute atomic E-state index is 0.179. The Kier molecular flexibility index (Phi) is 3.83. The van der Waals surface area contributed by atoms with Crippen LogP contribution in [0, 0.1) is 10.8 Å². The fraction of sp³-hybridized carbons (Fsp3) is 0.524. The first-order valence-electron chi connectivity index (χ1n) is 9.79. The highest BCUT2D eigenvalue weighted by Gasteiger charge is 2.70. The zero-order valence-corrected chi connectivity index (χ0v) is 18.6. The van der Waals surface area contributed by atoms with E-state index in [1.807, 2.05) is 18.0 Å². The Labute approximate surface area is 177 Å². The first-order valence-corrected chi connectivity index (χ1v) is 11.5. The van der Waals surface area contributed by atoms with E-state index in [9.17, 15) is 9.90 Å². The molecule has 1 aromatic heterocycles. The zero-order chi connectivity index (χ0) is 19.9. The molecule has 2 bridgehead atoms. The first-order chi connectivity index (χ1) is 13.3. The molecule has 2 fully saturated rings. The van der Waals surface area contributed by atoms with Gasteiger partial charge in [0, 0.05) is 28.5 Å². The second-order valence-electron chi connectivity index (χ2n) is 8.59. The molecule has 28 heavy (non-hydrogen) atoms. The fourth-order valence-electron chi connectivity index (χ4n) is 6.23. The Hall–Kier alpha value is -1.47. The Bertz CT molecular complexity index is 996. The highest BCUT2D eigenvalue weighted by molar-refractivity contribution is 9.12. The predicted octanol–water partition coefficient (Wildman–Crippen LogP) is 4.31. The second-order valence-corrected chi connectivity index (χ2v) is 11.0. The van der Waals surface area contributed by atoms with Crippen LogP contribution >= 0.6 is 27.7 Å². The molecule has 1 aromatic rings. The van der Waals surface area contributed by atoms with Gasteiger partial charge in [0.25, 0.3) is 0 Å². The third-order valence-corrected chi connectivity index (χ3v) is 9.90. The number of nitrogens with one attached hydrogen (secondary N) is 2. The summed E-state index contributed by atoms with van der Waals surface area (Å²) in [7, 11) is 0. The lowest BCUT2D eigenvalue weighted by molar-refractivity contribution is -0.104. The van der Waals surface area contributed by atoms with Gasteiger partial charge in [0.1, 0.15) is 0 Å². The monoisotopic (exact) mass is 461 g/mol. The largest absolute Gasteiger partial charge is 0.504 e. The lowest BCUT2D eigenvalue weighted by atomic mass is 9.55. The average molecular weight is 462 g/mol. The van der Waals surface area contributed by atoms with E-state index in [4.69, 9.17) is 4.99 Å². The van der Waals surface area contributed by atoms with E-state index in [2.05, 4.69) is 53.1 Å². The maximum Gasteiger partial charge on any atom is 0.159 e. The van der Waals surface area contributed by atoms with Crippen LogP contribution in [-0.2, 0) is 11.2 Å². The van der Waals surface area contributed by atoms with Crippen molar-refractivity contribution >= 4 is 45.4 Å². The van der Waals surface area contributed by atoms with Crippen molar-refractivity contribution in [2.45, 2.75) is 50.2 Å². The smallest absolute Gasteiger partial charge is 0.159 e. The van der Waals surface area contributed by atoms with E-state index >= 15 is 0 Å². The molecule has 3 aliphatic heterocycles. The summed E-state index contributed by atoms with van der Waals surface area (Å²) in [5.41, 5.74) is 4.33. The SMILES string of the molecule is CCC12SC(CC1(C)/C=C(/Br)C=O)NC1=C(O)c3[nH]cc4c3C(=NCC4)C12C. The molecule has 5 rings (SSSR count). The van der Waals surface area contributed by atoms with Crippen LogP contribution in [0.25, 0.3) is 5.76 Å². The number of carbonyl (C=O) groups excluding carboxylic acids is 1. The number of fused-ring (bicyclic) bond motifs is 5. The molecule has 2 saturated heterocycles. The number of aldehydes is 1. The standard InChI is InChI=1S/C21H24BrN3O2S/c1-4-21-19(2,7-12(22)10-26)8-13(28-21)25-18-16(27)15-14-11(9-24-15)5-6-23-17(14)20(18,21)3/h7,9-10,13,24-25,27H,4-6,8H2,1-3H3/b12-7+. The van der Waals surface area contributed by atoms with E-state index in [1.54, 1.807) is 0 Å². The second kappa shape index (κ2) is 5.79. The number of carbonyl (C=O) groups is 1. The molecule has 0 radical (unpaired) electrons. The van der Waals surface area contributed by atoms with Crippen molar-refractivity contribution in [3.63, 3.8) is 0 Å². The number of rotatable bonds is 3. The van der Waals surface area contributed by atoms with Gasteiger partial charge in [-0.1, -0.05) is 19.9 Å². The summed E-state index contributed by atoms with van der Waals surface area (Å²) >= 11 is 5.37. The Balaban J connectivity index is 1.83. The van der Waals surface area contributed by atoms with Gasteiger partial charge in [-0.2, -0.15) is 0 Å². The molecule has 3 N–H and O–H groups in total. The summed E-state index contributed by atoms with van der Waals surface area (Å²) in [6.07, 6.45) is 7.65. The van der Waals surface area contributed by atoms with Crippen LogP contribution in [0.2, 0.25) is 0 Å². The number of allylic oxidation sites excluding steroid dienone is 3. The van der Waals surface area contributed by atoms with Gasteiger partial charge in [-0.15, -0.1) is 11.8 Å². The molecule has 0 aromatic carbocycles. The molecule has 7 heteroatoms. The summed E-state index contributed by atoms with van der Waals surface area (Å²) in [4.78, 5) is 19.7. The molecular formula is C21H24BrN3O2S.